The molecule has 0 saturated carbocycles. The van der Waals surface area contributed by atoms with Crippen LogP contribution in [0.5, 0.6) is 0 Å². The Morgan fingerprint density at radius 3 is 2.47 bits per heavy atom. The van der Waals surface area contributed by atoms with Crippen LogP contribution in [0, 0.1) is 32.1 Å². The lowest BCUT2D eigenvalue weighted by Crippen LogP contribution is -2.14. The van der Waals surface area contributed by atoms with Gasteiger partial charge in [0.2, 0.25) is 0 Å². The minimum atomic E-state index is -0.406. The number of para-hydroxylation sites is 1. The summed E-state index contributed by atoms with van der Waals surface area (Å²) in [5.41, 5.74) is 7.13. The molecule has 0 aliphatic heterocycles. The number of hydrogen-bond donors (Lipinski definition) is 1. The Balaban J connectivity index is 1.68. The molecule has 158 valence electrons. The number of hydrogen-bond acceptors (Lipinski definition) is 2. The standard InChI is InChI=1S/C28H25N3O/c1-19-9-12-22(13-10-19)17-31-18-24(25-6-4-5-7-27(25)31)15-23(16-29)28(32)30-26-14-20(2)8-11-21(26)3/h4-15,18H,17H2,1-3H3,(H,30,32)/b23-15+. The van der Waals surface area contributed by atoms with Crippen molar-refractivity contribution in [2.24, 2.45) is 0 Å². The number of fused-ring (bicyclic) bond motifs is 1. The smallest absolute Gasteiger partial charge is 0.266 e. The van der Waals surface area contributed by atoms with E-state index in [1.807, 2.05) is 56.4 Å². The van der Waals surface area contributed by atoms with E-state index in [0.29, 0.717) is 6.54 Å². The van der Waals surface area contributed by atoms with Crippen molar-refractivity contribution < 1.29 is 4.79 Å². The Morgan fingerprint density at radius 2 is 1.72 bits per heavy atom. The van der Waals surface area contributed by atoms with Crippen LogP contribution < -0.4 is 5.32 Å². The second-order valence-corrected chi connectivity index (χ2v) is 8.16. The van der Waals surface area contributed by atoms with Gasteiger partial charge in [0.15, 0.2) is 0 Å². The van der Waals surface area contributed by atoms with Crippen LogP contribution >= 0.6 is 0 Å². The van der Waals surface area contributed by atoms with Crippen LogP contribution in [0.4, 0.5) is 5.69 Å². The molecule has 32 heavy (non-hydrogen) atoms. The first-order valence-corrected chi connectivity index (χ1v) is 10.6. The van der Waals surface area contributed by atoms with Gasteiger partial charge in [-0.1, -0.05) is 60.2 Å². The molecule has 4 aromatic rings. The van der Waals surface area contributed by atoms with Crippen LogP contribution in [-0.4, -0.2) is 10.5 Å². The van der Waals surface area contributed by atoms with Crippen LogP contribution in [0.2, 0.25) is 0 Å². The van der Waals surface area contributed by atoms with Gasteiger partial charge in [-0.2, -0.15) is 5.26 Å². The van der Waals surface area contributed by atoms with E-state index in [2.05, 4.69) is 53.2 Å². The first-order valence-electron chi connectivity index (χ1n) is 10.6. The highest BCUT2D eigenvalue weighted by molar-refractivity contribution is 6.11. The zero-order valence-electron chi connectivity index (χ0n) is 18.5. The number of carbonyl (C=O) groups excluding carboxylic acids is 1. The summed E-state index contributed by atoms with van der Waals surface area (Å²) >= 11 is 0. The van der Waals surface area contributed by atoms with Gasteiger partial charge in [0.1, 0.15) is 11.6 Å². The Labute approximate surface area is 188 Å². The molecule has 0 radical (unpaired) electrons. The van der Waals surface area contributed by atoms with Gasteiger partial charge < -0.3 is 9.88 Å². The number of aromatic nitrogens is 1. The summed E-state index contributed by atoms with van der Waals surface area (Å²) in [5.74, 6) is -0.406. The van der Waals surface area contributed by atoms with Crippen molar-refractivity contribution in [3.8, 4) is 6.07 Å². The fourth-order valence-electron chi connectivity index (χ4n) is 3.78. The minimum Gasteiger partial charge on any atom is -0.342 e. The van der Waals surface area contributed by atoms with Crippen molar-refractivity contribution in [2.45, 2.75) is 27.3 Å². The Morgan fingerprint density at radius 1 is 1.00 bits per heavy atom. The summed E-state index contributed by atoms with van der Waals surface area (Å²) < 4.78 is 2.16. The van der Waals surface area contributed by atoms with Gasteiger partial charge in [-0.05, 0) is 55.7 Å². The lowest BCUT2D eigenvalue weighted by Gasteiger charge is -2.08. The van der Waals surface area contributed by atoms with Crippen molar-refractivity contribution in [1.82, 2.24) is 4.57 Å². The molecule has 1 heterocycles. The average Bonchev–Trinajstić information content (AvgIpc) is 3.13. The number of rotatable bonds is 5. The molecule has 1 N–H and O–H groups in total. The van der Waals surface area contributed by atoms with E-state index < -0.39 is 5.91 Å². The van der Waals surface area contributed by atoms with E-state index >= 15 is 0 Å². The largest absolute Gasteiger partial charge is 0.342 e. The number of nitriles is 1. The van der Waals surface area contributed by atoms with Gasteiger partial charge >= 0.3 is 0 Å². The highest BCUT2D eigenvalue weighted by Gasteiger charge is 2.14. The molecule has 0 atom stereocenters. The minimum absolute atomic E-state index is 0.0733. The lowest BCUT2D eigenvalue weighted by molar-refractivity contribution is -0.112. The number of anilines is 1. The van der Waals surface area contributed by atoms with E-state index in [0.717, 1.165) is 33.3 Å². The van der Waals surface area contributed by atoms with Crippen molar-refractivity contribution in [1.29, 1.82) is 5.26 Å². The van der Waals surface area contributed by atoms with Crippen molar-refractivity contribution in [2.75, 3.05) is 5.32 Å². The van der Waals surface area contributed by atoms with Gasteiger partial charge in [-0.3, -0.25) is 4.79 Å². The van der Waals surface area contributed by atoms with E-state index in [4.69, 9.17) is 0 Å². The van der Waals surface area contributed by atoms with Crippen molar-refractivity contribution in [3.05, 3.63) is 106 Å². The van der Waals surface area contributed by atoms with Gasteiger partial charge in [-0.25, -0.2) is 0 Å². The molecule has 0 spiro atoms. The third kappa shape index (κ3) is 4.48. The van der Waals surface area contributed by atoms with E-state index in [1.165, 1.54) is 11.1 Å². The molecule has 0 bridgehead atoms. The first-order chi connectivity index (χ1) is 15.4. The third-order valence-electron chi connectivity index (χ3n) is 5.60. The number of benzene rings is 3. The molecule has 4 nitrogen and oxygen atoms in total. The average molecular weight is 420 g/mol. The molecule has 1 amide bonds. The topological polar surface area (TPSA) is 57.8 Å². The van der Waals surface area contributed by atoms with Gasteiger partial charge in [-0.15, -0.1) is 0 Å². The molecule has 0 saturated heterocycles. The highest BCUT2D eigenvalue weighted by Crippen LogP contribution is 2.25. The van der Waals surface area contributed by atoms with E-state index in [-0.39, 0.29) is 5.57 Å². The number of nitrogens with zero attached hydrogens (tertiary/aromatic N) is 2. The second-order valence-electron chi connectivity index (χ2n) is 8.16. The summed E-state index contributed by atoms with van der Waals surface area (Å²) in [4.78, 5) is 12.9. The maximum Gasteiger partial charge on any atom is 0.266 e. The third-order valence-corrected chi connectivity index (χ3v) is 5.60. The molecule has 0 unspecified atom stereocenters. The maximum absolute atomic E-state index is 12.9. The summed E-state index contributed by atoms with van der Waals surface area (Å²) in [6.07, 6.45) is 3.68. The Bertz CT molecular complexity index is 1370. The molecule has 4 heteroatoms. The highest BCUT2D eigenvalue weighted by atomic mass is 16.1. The molecule has 3 aromatic carbocycles. The number of amides is 1. The zero-order valence-corrected chi connectivity index (χ0v) is 18.5. The fourth-order valence-corrected chi connectivity index (χ4v) is 3.78. The molecule has 1 aromatic heterocycles. The van der Waals surface area contributed by atoms with Crippen LogP contribution in [0.25, 0.3) is 17.0 Å². The predicted molar refractivity (Wildman–Crippen MR) is 130 cm³/mol. The molecule has 0 aliphatic rings. The number of carbonyl (C=O) groups is 1. The molecule has 0 aliphatic carbocycles. The molecule has 0 fully saturated rings. The summed E-state index contributed by atoms with van der Waals surface area (Å²) in [6.45, 7) is 6.69. The normalized spacial score (nSPS) is 11.4. The summed E-state index contributed by atoms with van der Waals surface area (Å²) in [6, 6.07) is 24.4. The number of aryl methyl sites for hydroxylation is 3. The zero-order chi connectivity index (χ0) is 22.7. The molecular formula is C28H25N3O. The van der Waals surface area contributed by atoms with Gasteiger partial charge in [0.25, 0.3) is 5.91 Å². The fraction of sp³-hybridized carbons (Fsp3) is 0.143. The number of nitrogens with one attached hydrogen (secondary N) is 1. The van der Waals surface area contributed by atoms with Crippen LogP contribution in [0.1, 0.15) is 27.8 Å². The molecular weight excluding hydrogens is 394 g/mol. The second kappa shape index (κ2) is 8.95. The first kappa shape index (κ1) is 21.1. The molecule has 4 rings (SSSR count). The SMILES string of the molecule is Cc1ccc(Cn2cc(/C=C(\C#N)C(=O)Nc3cc(C)ccc3C)c3ccccc32)cc1. The van der Waals surface area contributed by atoms with Crippen molar-refractivity contribution in [3.63, 3.8) is 0 Å². The monoisotopic (exact) mass is 419 g/mol. The lowest BCUT2D eigenvalue weighted by atomic mass is 10.1. The van der Waals surface area contributed by atoms with Crippen LogP contribution in [0.3, 0.4) is 0 Å². The van der Waals surface area contributed by atoms with E-state index in [9.17, 15) is 10.1 Å². The summed E-state index contributed by atoms with van der Waals surface area (Å²) in [5, 5.41) is 13.6. The van der Waals surface area contributed by atoms with Crippen LogP contribution in [0.15, 0.2) is 78.5 Å². The van der Waals surface area contributed by atoms with Gasteiger partial charge in [0.05, 0.1) is 0 Å². The maximum atomic E-state index is 12.9. The van der Waals surface area contributed by atoms with E-state index in [1.54, 1.807) is 6.08 Å². The summed E-state index contributed by atoms with van der Waals surface area (Å²) in [7, 11) is 0. The Hall–Kier alpha value is -4.10. The van der Waals surface area contributed by atoms with Gasteiger partial charge in [0, 0.05) is 34.9 Å². The van der Waals surface area contributed by atoms with Crippen molar-refractivity contribution >= 4 is 28.6 Å². The Kier molecular flexibility index (Phi) is 5.91. The van der Waals surface area contributed by atoms with Crippen LogP contribution in [-0.2, 0) is 11.3 Å². The quantitative estimate of drug-likeness (QED) is 0.311. The predicted octanol–water partition coefficient (Wildman–Crippen LogP) is 6.16.